The third-order valence-corrected chi connectivity index (χ3v) is 5.36. The highest BCUT2D eigenvalue weighted by Gasteiger charge is 2.16. The van der Waals surface area contributed by atoms with Crippen LogP contribution in [-0.4, -0.2) is 40.6 Å². The largest absolute Gasteiger partial charge is 0.340 e. The maximum Gasteiger partial charge on any atom is 0.274 e. The second-order valence-corrected chi connectivity index (χ2v) is 7.68. The van der Waals surface area contributed by atoms with E-state index in [0.717, 1.165) is 11.3 Å². The second kappa shape index (κ2) is 10.7. The lowest BCUT2D eigenvalue weighted by molar-refractivity contribution is 0.0782. The molecule has 0 aliphatic rings. The third-order valence-electron chi connectivity index (χ3n) is 3.91. The van der Waals surface area contributed by atoms with Crippen LogP contribution in [0.5, 0.6) is 0 Å². The van der Waals surface area contributed by atoms with E-state index in [2.05, 4.69) is 24.0 Å². The average Bonchev–Trinajstić information content (AvgIpc) is 2.61. The number of nitrogens with zero attached hydrogens (tertiary/aromatic N) is 3. The first-order valence-electron chi connectivity index (χ1n) is 8.15. The summed E-state index contributed by atoms with van der Waals surface area (Å²) in [5.41, 5.74) is 6.35. The van der Waals surface area contributed by atoms with Gasteiger partial charge in [0.05, 0.1) is 5.02 Å². The quantitative estimate of drug-likeness (QED) is 0.736. The molecule has 0 aliphatic heterocycles. The van der Waals surface area contributed by atoms with Gasteiger partial charge in [0.1, 0.15) is 5.03 Å². The fourth-order valence-corrected chi connectivity index (χ4v) is 3.11. The van der Waals surface area contributed by atoms with Crippen molar-refractivity contribution in [2.75, 3.05) is 13.6 Å². The van der Waals surface area contributed by atoms with Gasteiger partial charge in [-0.05, 0) is 36.6 Å². The van der Waals surface area contributed by atoms with Crippen molar-refractivity contribution in [1.82, 2.24) is 15.1 Å². The van der Waals surface area contributed by atoms with Gasteiger partial charge in [-0.25, -0.2) is 0 Å². The fraction of sp³-hybridized carbons (Fsp3) is 0.389. The first-order valence-corrected chi connectivity index (χ1v) is 9.35. The van der Waals surface area contributed by atoms with Crippen molar-refractivity contribution in [3.63, 3.8) is 0 Å². The van der Waals surface area contributed by atoms with Crippen LogP contribution in [0.4, 0.5) is 0 Å². The van der Waals surface area contributed by atoms with Crippen molar-refractivity contribution in [3.05, 3.63) is 47.1 Å². The molecule has 5 nitrogen and oxygen atoms in total. The number of hydrogen-bond donors (Lipinski definition) is 1. The summed E-state index contributed by atoms with van der Waals surface area (Å²) in [7, 11) is 1.75. The van der Waals surface area contributed by atoms with E-state index < -0.39 is 0 Å². The van der Waals surface area contributed by atoms with Gasteiger partial charge in [-0.3, -0.25) is 4.79 Å². The molecule has 2 N–H and O–H groups in total. The number of carbonyl (C=O) groups is 1. The maximum absolute atomic E-state index is 12.4. The van der Waals surface area contributed by atoms with Crippen molar-refractivity contribution in [2.24, 2.45) is 11.7 Å². The number of halogens is 2. The Morgan fingerprint density at radius 2 is 1.92 bits per heavy atom. The minimum absolute atomic E-state index is 0. The second-order valence-electron chi connectivity index (χ2n) is 6.21. The summed E-state index contributed by atoms with van der Waals surface area (Å²) in [6.45, 7) is 4.75. The Bertz CT molecular complexity index is 713. The van der Waals surface area contributed by atoms with Gasteiger partial charge in [-0.2, -0.15) is 0 Å². The minimum Gasteiger partial charge on any atom is -0.340 e. The molecule has 1 heterocycles. The molecule has 0 saturated carbocycles. The van der Waals surface area contributed by atoms with Crippen molar-refractivity contribution in [3.8, 4) is 0 Å². The smallest absolute Gasteiger partial charge is 0.274 e. The summed E-state index contributed by atoms with van der Waals surface area (Å²) in [5.74, 6) is 0.238. The van der Waals surface area contributed by atoms with Gasteiger partial charge in [0.2, 0.25) is 0 Å². The molecule has 1 amide bonds. The number of carbonyl (C=O) groups excluding carboxylic acids is 1. The Labute approximate surface area is 170 Å². The molecular weight excluding hydrogens is 391 g/mol. The summed E-state index contributed by atoms with van der Waals surface area (Å²) in [6, 6.07) is 11.1. The van der Waals surface area contributed by atoms with Crippen LogP contribution in [0.25, 0.3) is 0 Å². The number of rotatable bonds is 7. The maximum atomic E-state index is 12.4. The molecule has 0 spiro atoms. The molecule has 2 aromatic rings. The summed E-state index contributed by atoms with van der Waals surface area (Å²) < 4.78 is 0. The molecule has 142 valence electrons. The van der Waals surface area contributed by atoms with Crippen LogP contribution < -0.4 is 5.73 Å². The molecule has 1 aromatic carbocycles. The van der Waals surface area contributed by atoms with Crippen molar-refractivity contribution < 1.29 is 4.79 Å². The lowest BCUT2D eigenvalue weighted by Gasteiger charge is -2.21. The monoisotopic (exact) mass is 414 g/mol. The molecule has 8 heteroatoms. The van der Waals surface area contributed by atoms with Gasteiger partial charge in [-0.1, -0.05) is 49.3 Å². The van der Waals surface area contributed by atoms with Crippen molar-refractivity contribution in [2.45, 2.75) is 36.2 Å². The first-order chi connectivity index (χ1) is 11.9. The van der Waals surface area contributed by atoms with Gasteiger partial charge in [-0.15, -0.1) is 22.6 Å². The third kappa shape index (κ3) is 6.43. The zero-order chi connectivity index (χ0) is 18.4. The Hall–Kier alpha value is -1.34. The van der Waals surface area contributed by atoms with Crippen LogP contribution in [0.3, 0.4) is 0 Å². The Kier molecular flexibility index (Phi) is 9.36. The van der Waals surface area contributed by atoms with Crippen LogP contribution in [0.1, 0.15) is 30.8 Å². The molecule has 0 fully saturated rings. The SMILES string of the molecule is CC(C)C(N)CCN(C)C(=O)c1ccc(Sc2ccccc2Cl)nn1.Cl. The molecule has 26 heavy (non-hydrogen) atoms. The fourth-order valence-electron chi connectivity index (χ4n) is 2.10. The van der Waals surface area contributed by atoms with Crippen molar-refractivity contribution >= 4 is 41.7 Å². The Morgan fingerprint density at radius 3 is 2.50 bits per heavy atom. The first kappa shape index (κ1) is 22.7. The van der Waals surface area contributed by atoms with E-state index in [0.29, 0.717) is 28.2 Å². The molecule has 0 bridgehead atoms. The van der Waals surface area contributed by atoms with Gasteiger partial charge in [0.15, 0.2) is 5.69 Å². The summed E-state index contributed by atoms with van der Waals surface area (Å²) in [6.07, 6.45) is 0.758. The number of aromatic nitrogens is 2. The van der Waals surface area contributed by atoms with Gasteiger partial charge >= 0.3 is 0 Å². The lowest BCUT2D eigenvalue weighted by Crippen LogP contribution is -2.35. The van der Waals surface area contributed by atoms with E-state index in [1.165, 1.54) is 11.8 Å². The molecule has 2 rings (SSSR count). The molecule has 0 radical (unpaired) electrons. The average molecular weight is 415 g/mol. The minimum atomic E-state index is -0.155. The van der Waals surface area contributed by atoms with Gasteiger partial charge in [0.25, 0.3) is 5.91 Å². The summed E-state index contributed by atoms with van der Waals surface area (Å²) in [4.78, 5) is 14.9. The highest BCUT2D eigenvalue weighted by Crippen LogP contribution is 2.31. The standard InChI is InChI=1S/C18H23ClN4OS.ClH/c1-12(2)14(20)10-11-23(3)18(24)15-8-9-17(22-21-15)25-16-7-5-4-6-13(16)19;/h4-9,12,14H,10-11,20H2,1-3H3;1H. The Morgan fingerprint density at radius 1 is 1.23 bits per heavy atom. The molecule has 1 unspecified atom stereocenters. The number of nitrogens with two attached hydrogens (primary N) is 1. The molecule has 1 atom stereocenters. The van der Waals surface area contributed by atoms with E-state index in [9.17, 15) is 4.79 Å². The van der Waals surface area contributed by atoms with E-state index in [-0.39, 0.29) is 24.4 Å². The highest BCUT2D eigenvalue weighted by atomic mass is 35.5. The van der Waals surface area contributed by atoms with E-state index >= 15 is 0 Å². The zero-order valence-electron chi connectivity index (χ0n) is 15.1. The van der Waals surface area contributed by atoms with Crippen LogP contribution in [0.15, 0.2) is 46.3 Å². The van der Waals surface area contributed by atoms with Crippen LogP contribution >= 0.6 is 35.8 Å². The van der Waals surface area contributed by atoms with E-state index in [4.69, 9.17) is 17.3 Å². The topological polar surface area (TPSA) is 72.1 Å². The van der Waals surface area contributed by atoms with E-state index in [1.807, 2.05) is 24.3 Å². The van der Waals surface area contributed by atoms with Crippen LogP contribution in [-0.2, 0) is 0 Å². The number of amides is 1. The molecular formula is C18H24Cl2N4OS. The number of hydrogen-bond acceptors (Lipinski definition) is 5. The van der Waals surface area contributed by atoms with Crippen LogP contribution in [0, 0.1) is 5.92 Å². The van der Waals surface area contributed by atoms with Gasteiger partial charge < -0.3 is 10.6 Å². The molecule has 0 saturated heterocycles. The highest BCUT2D eigenvalue weighted by molar-refractivity contribution is 7.99. The lowest BCUT2D eigenvalue weighted by atomic mass is 10.0. The zero-order valence-corrected chi connectivity index (χ0v) is 17.4. The van der Waals surface area contributed by atoms with Crippen LogP contribution in [0.2, 0.25) is 5.02 Å². The summed E-state index contributed by atoms with van der Waals surface area (Å²) in [5, 5.41) is 9.53. The summed E-state index contributed by atoms with van der Waals surface area (Å²) >= 11 is 7.55. The van der Waals surface area contributed by atoms with Gasteiger partial charge in [0, 0.05) is 24.5 Å². The van der Waals surface area contributed by atoms with Crippen molar-refractivity contribution in [1.29, 1.82) is 0 Å². The predicted molar refractivity (Wildman–Crippen MR) is 109 cm³/mol. The van der Waals surface area contributed by atoms with E-state index in [1.54, 1.807) is 24.1 Å². The normalized spacial score (nSPS) is 11.8. The molecule has 1 aromatic heterocycles. The Balaban J connectivity index is 0.00000338. The molecule has 0 aliphatic carbocycles. The predicted octanol–water partition coefficient (Wildman–Crippen LogP) is 4.15. The number of benzene rings is 1.